The van der Waals surface area contributed by atoms with Crippen LogP contribution in [0.1, 0.15) is 61.8 Å². The summed E-state index contributed by atoms with van der Waals surface area (Å²) in [6.45, 7) is 5.83. The summed E-state index contributed by atoms with van der Waals surface area (Å²) in [6, 6.07) is 12.6. The van der Waals surface area contributed by atoms with E-state index in [1.165, 1.54) is 0 Å². The minimum atomic E-state index is -0.769. The molecule has 1 aliphatic heterocycles. The second-order valence-electron chi connectivity index (χ2n) is 10.3. The SMILES string of the molecule is Cc1c(C)c2ccc(OC(C)C(=O)N3CCC4(O)CCCCC4C3c3ccc(Cl)cc3)cc2oc1=O. The second-order valence-corrected chi connectivity index (χ2v) is 10.7. The van der Waals surface area contributed by atoms with Crippen molar-refractivity contribution < 1.29 is 19.1 Å². The Morgan fingerprint density at radius 2 is 1.89 bits per heavy atom. The zero-order valence-electron chi connectivity index (χ0n) is 20.9. The van der Waals surface area contributed by atoms with E-state index in [9.17, 15) is 14.7 Å². The van der Waals surface area contributed by atoms with E-state index in [0.717, 1.165) is 42.2 Å². The molecule has 1 amide bonds. The highest BCUT2D eigenvalue weighted by molar-refractivity contribution is 6.30. The van der Waals surface area contributed by atoms with E-state index >= 15 is 0 Å². The Morgan fingerprint density at radius 3 is 2.64 bits per heavy atom. The van der Waals surface area contributed by atoms with E-state index in [1.54, 1.807) is 26.0 Å². The lowest BCUT2D eigenvalue weighted by Crippen LogP contribution is -2.58. The van der Waals surface area contributed by atoms with Gasteiger partial charge in [0.25, 0.3) is 5.91 Å². The molecule has 190 valence electrons. The number of nitrogens with zero attached hydrogens (tertiary/aromatic N) is 1. The molecule has 36 heavy (non-hydrogen) atoms. The molecule has 1 aliphatic carbocycles. The molecule has 2 fully saturated rings. The Labute approximate surface area is 215 Å². The van der Waals surface area contributed by atoms with E-state index in [0.29, 0.717) is 34.9 Å². The Balaban J connectivity index is 1.43. The molecule has 0 bridgehead atoms. The van der Waals surface area contributed by atoms with E-state index in [2.05, 4.69) is 0 Å². The zero-order chi connectivity index (χ0) is 25.6. The van der Waals surface area contributed by atoms with Crippen molar-refractivity contribution >= 4 is 28.5 Å². The Bertz CT molecular complexity index is 1350. The molecule has 2 aliphatic rings. The van der Waals surface area contributed by atoms with Crippen LogP contribution >= 0.6 is 11.6 Å². The highest BCUT2D eigenvalue weighted by Gasteiger charge is 2.50. The van der Waals surface area contributed by atoms with E-state index in [4.69, 9.17) is 20.8 Å². The van der Waals surface area contributed by atoms with Gasteiger partial charge in [0.1, 0.15) is 11.3 Å². The van der Waals surface area contributed by atoms with E-state index in [1.807, 2.05) is 42.2 Å². The molecule has 1 saturated heterocycles. The topological polar surface area (TPSA) is 80.0 Å². The van der Waals surface area contributed by atoms with Crippen molar-refractivity contribution in [2.45, 2.75) is 70.6 Å². The quantitative estimate of drug-likeness (QED) is 0.454. The fraction of sp³-hybridized carbons (Fsp3) is 0.448. The molecule has 0 spiro atoms. The number of likely N-dealkylation sites (tertiary alicyclic amines) is 1. The summed E-state index contributed by atoms with van der Waals surface area (Å²) in [5.74, 6) is 0.284. The molecule has 7 heteroatoms. The molecule has 2 aromatic carbocycles. The number of piperidine rings is 1. The van der Waals surface area contributed by atoms with E-state index < -0.39 is 11.7 Å². The van der Waals surface area contributed by atoms with Crippen molar-refractivity contribution in [2.75, 3.05) is 6.54 Å². The van der Waals surface area contributed by atoms with Gasteiger partial charge in [0.15, 0.2) is 6.10 Å². The summed E-state index contributed by atoms with van der Waals surface area (Å²) in [5, 5.41) is 13.0. The number of carbonyl (C=O) groups is 1. The Kier molecular flexibility index (Phi) is 6.60. The number of carbonyl (C=O) groups excluding carboxylic acids is 1. The fourth-order valence-corrected chi connectivity index (χ4v) is 6.12. The first kappa shape index (κ1) is 24.8. The minimum Gasteiger partial charge on any atom is -0.481 e. The minimum absolute atomic E-state index is 0.0431. The smallest absolute Gasteiger partial charge is 0.339 e. The normalized spacial score (nSPS) is 24.9. The first-order chi connectivity index (χ1) is 17.2. The average molecular weight is 510 g/mol. The number of aliphatic hydroxyl groups is 1. The predicted octanol–water partition coefficient (Wildman–Crippen LogP) is 5.73. The summed E-state index contributed by atoms with van der Waals surface area (Å²) in [5.41, 5.74) is 1.72. The molecular weight excluding hydrogens is 478 g/mol. The third-order valence-corrected chi connectivity index (χ3v) is 8.40. The molecule has 6 nitrogen and oxygen atoms in total. The van der Waals surface area contributed by atoms with Gasteiger partial charge in [-0.1, -0.05) is 36.6 Å². The van der Waals surface area contributed by atoms with Crippen LogP contribution in [0.4, 0.5) is 0 Å². The molecule has 0 radical (unpaired) electrons. The van der Waals surface area contributed by atoms with Gasteiger partial charge in [-0.25, -0.2) is 4.79 Å². The van der Waals surface area contributed by atoms with Gasteiger partial charge in [-0.05, 0) is 75.4 Å². The highest BCUT2D eigenvalue weighted by atomic mass is 35.5. The van der Waals surface area contributed by atoms with Gasteiger partial charge in [0.05, 0.1) is 11.6 Å². The number of amides is 1. The van der Waals surface area contributed by atoms with Gasteiger partial charge >= 0.3 is 5.63 Å². The first-order valence-corrected chi connectivity index (χ1v) is 13.0. The van der Waals surface area contributed by atoms with Crippen molar-refractivity contribution in [1.82, 2.24) is 4.90 Å². The predicted molar refractivity (Wildman–Crippen MR) is 139 cm³/mol. The van der Waals surface area contributed by atoms with Gasteiger partial charge in [-0.15, -0.1) is 0 Å². The summed E-state index contributed by atoms with van der Waals surface area (Å²) >= 11 is 6.15. The van der Waals surface area contributed by atoms with Crippen molar-refractivity contribution in [1.29, 1.82) is 0 Å². The third-order valence-electron chi connectivity index (χ3n) is 8.15. The van der Waals surface area contributed by atoms with Crippen LogP contribution < -0.4 is 10.4 Å². The number of fused-ring (bicyclic) bond motifs is 2. The number of rotatable bonds is 4. The van der Waals surface area contributed by atoms with Gasteiger partial charge in [0, 0.05) is 34.5 Å². The Morgan fingerprint density at radius 1 is 1.14 bits per heavy atom. The number of halogens is 1. The lowest BCUT2D eigenvalue weighted by molar-refractivity contribution is -0.161. The van der Waals surface area contributed by atoms with Crippen molar-refractivity contribution in [3.63, 3.8) is 0 Å². The molecule has 1 saturated carbocycles. The molecule has 1 aromatic heterocycles. The number of ether oxygens (including phenoxy) is 1. The maximum absolute atomic E-state index is 13.8. The largest absolute Gasteiger partial charge is 0.481 e. The molecule has 1 N–H and O–H groups in total. The second kappa shape index (κ2) is 9.56. The number of aryl methyl sites for hydroxylation is 1. The first-order valence-electron chi connectivity index (χ1n) is 12.7. The van der Waals surface area contributed by atoms with Gasteiger partial charge < -0.3 is 19.2 Å². The van der Waals surface area contributed by atoms with Crippen LogP contribution in [0.3, 0.4) is 0 Å². The molecule has 2 heterocycles. The number of hydrogen-bond donors (Lipinski definition) is 1. The van der Waals surface area contributed by atoms with Crippen LogP contribution in [0.2, 0.25) is 5.02 Å². The maximum atomic E-state index is 13.8. The van der Waals surface area contributed by atoms with Gasteiger partial charge in [-0.2, -0.15) is 0 Å². The van der Waals surface area contributed by atoms with Crippen LogP contribution in [0, 0.1) is 19.8 Å². The van der Waals surface area contributed by atoms with Crippen molar-refractivity contribution in [3.8, 4) is 5.75 Å². The molecule has 4 unspecified atom stereocenters. The van der Waals surface area contributed by atoms with Crippen LogP contribution in [0.5, 0.6) is 5.75 Å². The van der Waals surface area contributed by atoms with Crippen molar-refractivity contribution in [3.05, 3.63) is 74.6 Å². The molecular formula is C29H32ClNO5. The van der Waals surface area contributed by atoms with Gasteiger partial charge in [0.2, 0.25) is 0 Å². The monoisotopic (exact) mass is 509 g/mol. The average Bonchev–Trinajstić information content (AvgIpc) is 2.86. The van der Waals surface area contributed by atoms with Crippen LogP contribution in [-0.2, 0) is 4.79 Å². The summed E-state index contributed by atoms with van der Waals surface area (Å²) in [6.07, 6.45) is 3.46. The summed E-state index contributed by atoms with van der Waals surface area (Å²) in [7, 11) is 0. The third kappa shape index (κ3) is 4.41. The summed E-state index contributed by atoms with van der Waals surface area (Å²) in [4.78, 5) is 27.8. The standard InChI is InChI=1S/C29H32ClNO5/c1-17-18(2)28(33)36-25-16-22(11-12-23(17)25)35-19(3)27(32)31-15-14-29(34)13-5-4-6-24(29)26(31)20-7-9-21(30)10-8-20/h7-12,16,19,24,26,34H,4-6,13-15H2,1-3H3. The molecule has 5 rings (SSSR count). The summed E-state index contributed by atoms with van der Waals surface area (Å²) < 4.78 is 11.5. The lowest BCUT2D eigenvalue weighted by atomic mass is 9.66. The number of hydrogen-bond acceptors (Lipinski definition) is 5. The highest BCUT2D eigenvalue weighted by Crippen LogP contribution is 2.49. The van der Waals surface area contributed by atoms with E-state index in [-0.39, 0.29) is 23.5 Å². The molecule has 4 atom stereocenters. The Hall–Kier alpha value is -2.83. The molecule has 3 aromatic rings. The lowest BCUT2D eigenvalue weighted by Gasteiger charge is -2.53. The van der Waals surface area contributed by atoms with Crippen LogP contribution in [-0.4, -0.2) is 34.2 Å². The van der Waals surface area contributed by atoms with Crippen molar-refractivity contribution in [2.24, 2.45) is 5.92 Å². The number of benzene rings is 2. The van der Waals surface area contributed by atoms with Crippen LogP contribution in [0.15, 0.2) is 51.7 Å². The fourth-order valence-electron chi connectivity index (χ4n) is 5.99. The van der Waals surface area contributed by atoms with Gasteiger partial charge in [-0.3, -0.25) is 4.79 Å². The maximum Gasteiger partial charge on any atom is 0.339 e. The van der Waals surface area contributed by atoms with Crippen LogP contribution in [0.25, 0.3) is 11.0 Å². The zero-order valence-corrected chi connectivity index (χ0v) is 21.7.